The molecule has 6 heteroatoms. The van der Waals surface area contributed by atoms with Crippen molar-refractivity contribution in [1.82, 2.24) is 20.0 Å². The van der Waals surface area contributed by atoms with Gasteiger partial charge >= 0.3 is 0 Å². The second-order valence-electron chi connectivity index (χ2n) is 5.87. The zero-order chi connectivity index (χ0) is 14.9. The van der Waals surface area contributed by atoms with Crippen LogP contribution in [0.25, 0.3) is 0 Å². The molecule has 0 saturated heterocycles. The molecule has 0 fully saturated rings. The number of hydrogen-bond donors (Lipinski definition) is 1. The maximum Gasteiger partial charge on any atom is 0.169 e. The number of aromatic nitrogens is 4. The standard InChI is InChI=1S/C14H21N5O/c1-9-6-11(20-5)7-10(16-9)8-19-12(14(2,3)4)13(15)17-18-19/h6-7H,8,15H2,1-5H3. The molecular formula is C14H21N5O. The summed E-state index contributed by atoms with van der Waals surface area (Å²) in [6.07, 6.45) is 0. The molecule has 0 aliphatic carbocycles. The summed E-state index contributed by atoms with van der Waals surface area (Å²) in [5.74, 6) is 1.26. The van der Waals surface area contributed by atoms with Gasteiger partial charge in [-0.2, -0.15) is 0 Å². The molecule has 0 spiro atoms. The molecule has 2 aromatic rings. The molecule has 0 bridgehead atoms. The first-order valence-corrected chi connectivity index (χ1v) is 6.52. The largest absolute Gasteiger partial charge is 0.497 e. The van der Waals surface area contributed by atoms with Crippen molar-refractivity contribution in [3.05, 3.63) is 29.2 Å². The van der Waals surface area contributed by atoms with Crippen molar-refractivity contribution < 1.29 is 4.74 Å². The third-order valence-corrected chi connectivity index (χ3v) is 3.00. The van der Waals surface area contributed by atoms with E-state index in [9.17, 15) is 0 Å². The number of aryl methyl sites for hydroxylation is 1. The van der Waals surface area contributed by atoms with Gasteiger partial charge in [-0.25, -0.2) is 4.68 Å². The first-order chi connectivity index (χ1) is 9.31. The van der Waals surface area contributed by atoms with Crippen LogP contribution >= 0.6 is 0 Å². The van der Waals surface area contributed by atoms with Crippen molar-refractivity contribution in [3.63, 3.8) is 0 Å². The van der Waals surface area contributed by atoms with E-state index in [0.717, 1.165) is 22.8 Å². The first-order valence-electron chi connectivity index (χ1n) is 6.52. The number of nitrogens with zero attached hydrogens (tertiary/aromatic N) is 4. The third-order valence-electron chi connectivity index (χ3n) is 3.00. The van der Waals surface area contributed by atoms with Gasteiger partial charge < -0.3 is 10.5 Å². The SMILES string of the molecule is COc1cc(C)nc(Cn2nnc(N)c2C(C)(C)C)c1. The lowest BCUT2D eigenvalue weighted by atomic mass is 9.92. The van der Waals surface area contributed by atoms with Crippen LogP contribution < -0.4 is 10.5 Å². The average molecular weight is 275 g/mol. The van der Waals surface area contributed by atoms with Gasteiger partial charge in [-0.1, -0.05) is 26.0 Å². The molecule has 2 N–H and O–H groups in total. The Labute approximate surface area is 119 Å². The second-order valence-corrected chi connectivity index (χ2v) is 5.87. The highest BCUT2D eigenvalue weighted by Gasteiger charge is 2.24. The molecule has 0 radical (unpaired) electrons. The minimum Gasteiger partial charge on any atom is -0.497 e. The number of pyridine rings is 1. The molecule has 2 rings (SSSR count). The first kappa shape index (κ1) is 14.3. The van der Waals surface area contributed by atoms with Gasteiger partial charge in [0.2, 0.25) is 0 Å². The molecule has 0 aliphatic heterocycles. The minimum atomic E-state index is -0.124. The Kier molecular flexibility index (Phi) is 3.65. The number of methoxy groups -OCH3 is 1. The molecule has 0 aromatic carbocycles. The number of ether oxygens (including phenoxy) is 1. The van der Waals surface area contributed by atoms with E-state index in [1.165, 1.54) is 0 Å². The van der Waals surface area contributed by atoms with Gasteiger partial charge in [-0.05, 0) is 6.92 Å². The molecule has 0 aliphatic rings. The van der Waals surface area contributed by atoms with Gasteiger partial charge in [0.05, 0.1) is 25.0 Å². The van der Waals surface area contributed by atoms with E-state index in [1.807, 2.05) is 19.1 Å². The smallest absolute Gasteiger partial charge is 0.169 e. The van der Waals surface area contributed by atoms with Crippen LogP contribution in [-0.2, 0) is 12.0 Å². The van der Waals surface area contributed by atoms with Crippen LogP contribution in [0, 0.1) is 6.92 Å². The molecule has 108 valence electrons. The van der Waals surface area contributed by atoms with Crippen LogP contribution in [0.2, 0.25) is 0 Å². The second kappa shape index (κ2) is 5.11. The monoisotopic (exact) mass is 275 g/mol. The summed E-state index contributed by atoms with van der Waals surface area (Å²) in [5.41, 5.74) is 8.50. The summed E-state index contributed by atoms with van der Waals surface area (Å²) in [4.78, 5) is 4.50. The van der Waals surface area contributed by atoms with Crippen molar-refractivity contribution in [2.24, 2.45) is 0 Å². The van der Waals surface area contributed by atoms with Crippen molar-refractivity contribution in [2.45, 2.75) is 39.7 Å². The predicted molar refractivity (Wildman–Crippen MR) is 77.8 cm³/mol. The Hall–Kier alpha value is -2.11. The number of nitrogen functional groups attached to an aromatic ring is 1. The third kappa shape index (κ3) is 2.89. The summed E-state index contributed by atoms with van der Waals surface area (Å²) in [6, 6.07) is 3.79. The van der Waals surface area contributed by atoms with E-state index < -0.39 is 0 Å². The van der Waals surface area contributed by atoms with E-state index in [4.69, 9.17) is 10.5 Å². The van der Waals surface area contributed by atoms with Crippen LogP contribution in [0.4, 0.5) is 5.82 Å². The molecular weight excluding hydrogens is 254 g/mol. The normalized spacial score (nSPS) is 11.7. The molecule has 0 amide bonds. The fourth-order valence-corrected chi connectivity index (χ4v) is 2.26. The summed E-state index contributed by atoms with van der Waals surface area (Å²) >= 11 is 0. The van der Waals surface area contributed by atoms with Gasteiger partial charge in [0.1, 0.15) is 5.75 Å². The highest BCUT2D eigenvalue weighted by atomic mass is 16.5. The van der Waals surface area contributed by atoms with Gasteiger partial charge in [0, 0.05) is 23.2 Å². The summed E-state index contributed by atoms with van der Waals surface area (Å²) < 4.78 is 7.07. The van der Waals surface area contributed by atoms with E-state index in [1.54, 1.807) is 11.8 Å². The van der Waals surface area contributed by atoms with Gasteiger partial charge in [-0.3, -0.25) is 4.98 Å². The molecule has 20 heavy (non-hydrogen) atoms. The molecule has 0 atom stereocenters. The number of rotatable bonds is 3. The van der Waals surface area contributed by atoms with E-state index >= 15 is 0 Å². The molecule has 2 heterocycles. The Morgan fingerprint density at radius 1 is 1.30 bits per heavy atom. The Balaban J connectivity index is 2.38. The maximum atomic E-state index is 5.93. The Morgan fingerprint density at radius 2 is 2.00 bits per heavy atom. The molecule has 0 unspecified atom stereocenters. The molecule has 6 nitrogen and oxygen atoms in total. The van der Waals surface area contributed by atoms with Gasteiger partial charge in [0.25, 0.3) is 0 Å². The lowest BCUT2D eigenvalue weighted by Crippen LogP contribution is -2.20. The number of hydrogen-bond acceptors (Lipinski definition) is 5. The van der Waals surface area contributed by atoms with Crippen LogP contribution in [-0.4, -0.2) is 27.1 Å². The van der Waals surface area contributed by atoms with Crippen LogP contribution in [0.5, 0.6) is 5.75 Å². The van der Waals surface area contributed by atoms with Crippen LogP contribution in [0.1, 0.15) is 37.9 Å². The zero-order valence-electron chi connectivity index (χ0n) is 12.6. The predicted octanol–water partition coefficient (Wildman–Crippen LogP) is 1.92. The lowest BCUT2D eigenvalue weighted by Gasteiger charge is -2.20. The zero-order valence-corrected chi connectivity index (χ0v) is 12.6. The van der Waals surface area contributed by atoms with Crippen molar-refractivity contribution >= 4 is 5.82 Å². The molecule has 0 saturated carbocycles. The Bertz CT molecular complexity index is 613. The van der Waals surface area contributed by atoms with E-state index in [0.29, 0.717) is 12.4 Å². The summed E-state index contributed by atoms with van der Waals surface area (Å²) in [7, 11) is 1.65. The van der Waals surface area contributed by atoms with Gasteiger partial charge in [0.15, 0.2) is 5.82 Å². The highest BCUT2D eigenvalue weighted by molar-refractivity contribution is 5.38. The van der Waals surface area contributed by atoms with Gasteiger partial charge in [-0.15, -0.1) is 5.10 Å². The summed E-state index contributed by atoms with van der Waals surface area (Å²) in [5, 5.41) is 8.10. The van der Waals surface area contributed by atoms with E-state index in [2.05, 4.69) is 36.1 Å². The van der Waals surface area contributed by atoms with E-state index in [-0.39, 0.29) is 5.41 Å². The number of nitrogens with two attached hydrogens (primary N) is 1. The average Bonchev–Trinajstić information content (AvgIpc) is 2.69. The van der Waals surface area contributed by atoms with Crippen molar-refractivity contribution in [2.75, 3.05) is 12.8 Å². The number of anilines is 1. The van der Waals surface area contributed by atoms with Crippen molar-refractivity contribution in [1.29, 1.82) is 0 Å². The highest BCUT2D eigenvalue weighted by Crippen LogP contribution is 2.26. The topological polar surface area (TPSA) is 78.8 Å². The Morgan fingerprint density at radius 3 is 2.60 bits per heavy atom. The summed E-state index contributed by atoms with van der Waals surface area (Å²) in [6.45, 7) is 8.72. The van der Waals surface area contributed by atoms with Crippen LogP contribution in [0.15, 0.2) is 12.1 Å². The fourth-order valence-electron chi connectivity index (χ4n) is 2.26. The van der Waals surface area contributed by atoms with Crippen molar-refractivity contribution in [3.8, 4) is 5.75 Å². The van der Waals surface area contributed by atoms with Crippen LogP contribution in [0.3, 0.4) is 0 Å². The quantitative estimate of drug-likeness (QED) is 0.925. The lowest BCUT2D eigenvalue weighted by molar-refractivity contribution is 0.412. The molecule has 2 aromatic heterocycles. The fraction of sp³-hybridized carbons (Fsp3) is 0.500. The minimum absolute atomic E-state index is 0.124. The maximum absolute atomic E-state index is 5.93.